The summed E-state index contributed by atoms with van der Waals surface area (Å²) in [5.41, 5.74) is 4.54. The molecule has 0 saturated heterocycles. The van der Waals surface area contributed by atoms with E-state index in [0.29, 0.717) is 5.92 Å². The Balaban J connectivity index is 1.36. The topological polar surface area (TPSA) is 88.5 Å². The molecule has 0 atom stereocenters. The second-order valence-electron chi connectivity index (χ2n) is 7.39. The zero-order valence-corrected chi connectivity index (χ0v) is 16.9. The second kappa shape index (κ2) is 7.71. The summed E-state index contributed by atoms with van der Waals surface area (Å²) >= 11 is 1.63. The molecule has 2 N–H and O–H groups in total. The van der Waals surface area contributed by atoms with E-state index >= 15 is 0 Å². The van der Waals surface area contributed by atoms with Crippen LogP contribution in [0, 0.1) is 6.92 Å². The van der Waals surface area contributed by atoms with E-state index in [4.69, 9.17) is 4.98 Å². The quantitative estimate of drug-likeness (QED) is 0.465. The van der Waals surface area contributed by atoms with Crippen molar-refractivity contribution in [3.8, 4) is 0 Å². The Hall–Kier alpha value is -3.13. The van der Waals surface area contributed by atoms with Crippen molar-refractivity contribution in [2.24, 2.45) is 0 Å². The molecular formula is C21H21N7S. The summed E-state index contributed by atoms with van der Waals surface area (Å²) in [7, 11) is 0. The van der Waals surface area contributed by atoms with E-state index in [1.54, 1.807) is 23.7 Å². The number of hydrogen-bond acceptors (Lipinski definition) is 8. The number of nitrogens with zero attached hydrogens (tertiary/aromatic N) is 5. The fourth-order valence-electron chi connectivity index (χ4n) is 3.67. The molecule has 4 heterocycles. The number of nitrogens with one attached hydrogen (secondary N) is 2. The van der Waals surface area contributed by atoms with Gasteiger partial charge in [0.2, 0.25) is 5.13 Å². The second-order valence-corrected chi connectivity index (χ2v) is 8.40. The predicted octanol–water partition coefficient (Wildman–Crippen LogP) is 5.33. The fraction of sp³-hybridized carbons (Fsp3) is 0.286. The van der Waals surface area contributed by atoms with Gasteiger partial charge in [-0.2, -0.15) is 0 Å². The largest absolute Gasteiger partial charge is 0.353 e. The maximum atomic E-state index is 4.71. The van der Waals surface area contributed by atoms with Crippen LogP contribution in [0.4, 0.5) is 22.3 Å². The first-order valence-corrected chi connectivity index (χ1v) is 10.6. The molecule has 1 fully saturated rings. The first kappa shape index (κ1) is 17.9. The van der Waals surface area contributed by atoms with E-state index in [-0.39, 0.29) is 0 Å². The molecule has 0 amide bonds. The molecule has 0 aromatic carbocycles. The molecule has 1 saturated carbocycles. The molecule has 0 aliphatic heterocycles. The van der Waals surface area contributed by atoms with Crippen molar-refractivity contribution in [2.45, 2.75) is 38.5 Å². The van der Waals surface area contributed by atoms with Gasteiger partial charge in [-0.25, -0.2) is 4.98 Å². The number of aryl methyl sites for hydroxylation is 1. The van der Waals surface area contributed by atoms with Gasteiger partial charge in [0.25, 0.3) is 0 Å². The molecule has 0 spiro atoms. The van der Waals surface area contributed by atoms with Crippen molar-refractivity contribution in [3.63, 3.8) is 0 Å². The van der Waals surface area contributed by atoms with Crippen LogP contribution in [0.5, 0.6) is 0 Å². The zero-order valence-electron chi connectivity index (χ0n) is 16.1. The van der Waals surface area contributed by atoms with E-state index in [0.717, 1.165) is 43.9 Å². The first-order valence-electron chi connectivity index (χ1n) is 9.79. The van der Waals surface area contributed by atoms with Crippen LogP contribution in [0.1, 0.15) is 42.2 Å². The van der Waals surface area contributed by atoms with Crippen LogP contribution in [0.3, 0.4) is 0 Å². The van der Waals surface area contributed by atoms with E-state index < -0.39 is 0 Å². The summed E-state index contributed by atoms with van der Waals surface area (Å²) in [6.45, 7) is 2.02. The first-order chi connectivity index (χ1) is 14.2. The average Bonchev–Trinajstić information content (AvgIpc) is 3.39. The lowest BCUT2D eigenvalue weighted by atomic mass is 10.1. The standard InChI is InChI=1S/C21H21N7S/c1-13-8-15(11-22-10-13)24-16-9-18-17(23-12-16)6-7-19(25-18)26-21-28-27-20(29-21)14-4-2-3-5-14/h6-12,14,24H,2-5H2,1H3,(H,25,26,28). The Morgan fingerprint density at radius 3 is 2.66 bits per heavy atom. The lowest BCUT2D eigenvalue weighted by Crippen LogP contribution is -1.96. The van der Waals surface area contributed by atoms with Crippen LogP contribution in [-0.4, -0.2) is 25.1 Å². The highest BCUT2D eigenvalue weighted by atomic mass is 32.1. The minimum absolute atomic E-state index is 0.571. The third kappa shape index (κ3) is 4.02. The van der Waals surface area contributed by atoms with Gasteiger partial charge in [-0.3, -0.25) is 9.97 Å². The van der Waals surface area contributed by atoms with Gasteiger partial charge in [-0.05, 0) is 49.6 Å². The number of hydrogen-bond donors (Lipinski definition) is 2. The van der Waals surface area contributed by atoms with Crippen molar-refractivity contribution < 1.29 is 0 Å². The molecule has 1 aliphatic rings. The summed E-state index contributed by atoms with van der Waals surface area (Å²) in [6.07, 6.45) is 10.5. The molecule has 0 unspecified atom stereocenters. The van der Waals surface area contributed by atoms with E-state index in [1.807, 2.05) is 37.4 Å². The molecule has 0 radical (unpaired) electrons. The Morgan fingerprint density at radius 2 is 1.79 bits per heavy atom. The normalized spacial score (nSPS) is 14.4. The maximum absolute atomic E-state index is 4.71. The summed E-state index contributed by atoms with van der Waals surface area (Å²) < 4.78 is 0. The summed E-state index contributed by atoms with van der Waals surface area (Å²) in [6, 6.07) is 7.91. The number of rotatable bonds is 5. The minimum Gasteiger partial charge on any atom is -0.353 e. The van der Waals surface area contributed by atoms with Crippen LogP contribution >= 0.6 is 11.3 Å². The lowest BCUT2D eigenvalue weighted by Gasteiger charge is -2.08. The van der Waals surface area contributed by atoms with Crippen molar-refractivity contribution in [1.29, 1.82) is 0 Å². The molecule has 7 nitrogen and oxygen atoms in total. The van der Waals surface area contributed by atoms with Gasteiger partial charge in [0, 0.05) is 12.1 Å². The molecule has 5 rings (SSSR count). The third-order valence-electron chi connectivity index (χ3n) is 5.08. The highest BCUT2D eigenvalue weighted by Gasteiger charge is 2.21. The smallest absolute Gasteiger partial charge is 0.211 e. The van der Waals surface area contributed by atoms with Crippen molar-refractivity contribution >= 4 is 44.7 Å². The van der Waals surface area contributed by atoms with Crippen LogP contribution in [-0.2, 0) is 0 Å². The highest BCUT2D eigenvalue weighted by molar-refractivity contribution is 7.15. The molecule has 1 aliphatic carbocycles. The Morgan fingerprint density at radius 1 is 0.931 bits per heavy atom. The van der Waals surface area contributed by atoms with Gasteiger partial charge in [-0.1, -0.05) is 24.2 Å². The minimum atomic E-state index is 0.571. The van der Waals surface area contributed by atoms with Crippen LogP contribution in [0.25, 0.3) is 11.0 Å². The van der Waals surface area contributed by atoms with Gasteiger partial charge in [0.1, 0.15) is 10.8 Å². The van der Waals surface area contributed by atoms with Gasteiger partial charge in [0.15, 0.2) is 0 Å². The van der Waals surface area contributed by atoms with Gasteiger partial charge >= 0.3 is 0 Å². The number of anilines is 4. The Bertz CT molecular complexity index is 1150. The zero-order chi connectivity index (χ0) is 19.6. The number of aromatic nitrogens is 5. The average molecular weight is 404 g/mol. The Kier molecular flexibility index (Phi) is 4.77. The van der Waals surface area contributed by atoms with Crippen molar-refractivity contribution in [3.05, 3.63) is 53.4 Å². The third-order valence-corrected chi connectivity index (χ3v) is 6.08. The predicted molar refractivity (Wildman–Crippen MR) is 116 cm³/mol. The SMILES string of the molecule is Cc1cncc(Nc2cnc3ccc(Nc4nnc(C5CCCC5)s4)nc3c2)c1. The Labute approximate surface area is 172 Å². The molecule has 8 heteroatoms. The molecule has 4 aromatic heterocycles. The number of pyridine rings is 3. The monoisotopic (exact) mass is 403 g/mol. The van der Waals surface area contributed by atoms with Gasteiger partial charge in [-0.15, -0.1) is 10.2 Å². The fourth-order valence-corrected chi connectivity index (χ4v) is 4.59. The highest BCUT2D eigenvalue weighted by Crippen LogP contribution is 2.37. The van der Waals surface area contributed by atoms with E-state index in [2.05, 4.69) is 30.8 Å². The number of fused-ring (bicyclic) bond motifs is 1. The van der Waals surface area contributed by atoms with E-state index in [1.165, 1.54) is 25.7 Å². The molecule has 146 valence electrons. The van der Waals surface area contributed by atoms with Crippen LogP contribution < -0.4 is 10.6 Å². The van der Waals surface area contributed by atoms with Crippen molar-refractivity contribution in [1.82, 2.24) is 25.1 Å². The lowest BCUT2D eigenvalue weighted by molar-refractivity contribution is 0.705. The summed E-state index contributed by atoms with van der Waals surface area (Å²) in [5.74, 6) is 1.31. The van der Waals surface area contributed by atoms with Crippen molar-refractivity contribution in [2.75, 3.05) is 10.6 Å². The summed E-state index contributed by atoms with van der Waals surface area (Å²) in [5, 5.41) is 17.2. The molecular weight excluding hydrogens is 382 g/mol. The van der Waals surface area contributed by atoms with Gasteiger partial charge in [0.05, 0.1) is 34.8 Å². The van der Waals surface area contributed by atoms with E-state index in [9.17, 15) is 0 Å². The maximum Gasteiger partial charge on any atom is 0.211 e. The molecule has 4 aromatic rings. The summed E-state index contributed by atoms with van der Waals surface area (Å²) in [4.78, 5) is 13.4. The van der Waals surface area contributed by atoms with Crippen LogP contribution in [0.15, 0.2) is 42.9 Å². The molecule has 0 bridgehead atoms. The van der Waals surface area contributed by atoms with Gasteiger partial charge < -0.3 is 10.6 Å². The van der Waals surface area contributed by atoms with Crippen LogP contribution in [0.2, 0.25) is 0 Å². The molecule has 29 heavy (non-hydrogen) atoms.